The zero-order valence-corrected chi connectivity index (χ0v) is 28.7. The molecule has 1 atom stereocenters. The van der Waals surface area contributed by atoms with Gasteiger partial charge in [-0.1, -0.05) is 146 Å². The highest BCUT2D eigenvalue weighted by Gasteiger charge is 2.16. The van der Waals surface area contributed by atoms with Gasteiger partial charge in [-0.2, -0.15) is 0 Å². The first-order chi connectivity index (χ1) is 21.6. The van der Waals surface area contributed by atoms with Crippen LogP contribution in [0.5, 0.6) is 0 Å². The van der Waals surface area contributed by atoms with Gasteiger partial charge in [-0.25, -0.2) is 0 Å². The summed E-state index contributed by atoms with van der Waals surface area (Å²) in [7, 11) is 0. The highest BCUT2D eigenvalue weighted by molar-refractivity contribution is 5.70. The van der Waals surface area contributed by atoms with Crippen molar-refractivity contribution >= 4 is 11.9 Å². The number of aliphatic hydroxyl groups is 1. The fraction of sp³-hybridized carbons (Fsp3) is 0.744. The number of hydrogen-bond donors (Lipinski definition) is 1. The van der Waals surface area contributed by atoms with Gasteiger partial charge in [0.15, 0.2) is 6.10 Å². The molecule has 0 heterocycles. The molecule has 0 aromatic heterocycles. The molecular weight excluding hydrogens is 548 g/mol. The lowest BCUT2D eigenvalue weighted by Gasteiger charge is -2.15. The second-order valence-electron chi connectivity index (χ2n) is 12.0. The molecule has 44 heavy (non-hydrogen) atoms. The van der Waals surface area contributed by atoms with Crippen LogP contribution in [0.15, 0.2) is 48.6 Å². The summed E-state index contributed by atoms with van der Waals surface area (Å²) in [6.07, 6.45) is 43.1. The summed E-state index contributed by atoms with van der Waals surface area (Å²) in [5.74, 6) is -0.629. The number of allylic oxidation sites excluding steroid dienone is 8. The molecule has 5 heteroatoms. The van der Waals surface area contributed by atoms with E-state index in [0.717, 1.165) is 64.2 Å². The first kappa shape index (κ1) is 41.9. The lowest BCUT2D eigenvalue weighted by Crippen LogP contribution is -2.28. The lowest BCUT2D eigenvalue weighted by molar-refractivity contribution is -0.161. The monoisotopic (exact) mass is 617 g/mol. The van der Waals surface area contributed by atoms with E-state index < -0.39 is 6.10 Å². The molecule has 0 aliphatic heterocycles. The number of rotatable bonds is 32. The smallest absolute Gasteiger partial charge is 0.306 e. The number of carbonyl (C=O) groups is 2. The zero-order valence-electron chi connectivity index (χ0n) is 28.7. The summed E-state index contributed by atoms with van der Waals surface area (Å²) in [6.45, 7) is 4.06. The molecule has 0 spiro atoms. The Morgan fingerprint density at radius 3 is 1.41 bits per heavy atom. The van der Waals surface area contributed by atoms with Crippen molar-refractivity contribution in [2.45, 2.75) is 174 Å². The quantitative estimate of drug-likeness (QED) is 0.0462. The maximum absolute atomic E-state index is 12.1. The van der Waals surface area contributed by atoms with Crippen LogP contribution in [-0.2, 0) is 19.1 Å². The van der Waals surface area contributed by atoms with E-state index in [1.165, 1.54) is 77.0 Å². The minimum atomic E-state index is -0.785. The van der Waals surface area contributed by atoms with E-state index in [0.29, 0.717) is 12.8 Å². The zero-order chi connectivity index (χ0) is 32.2. The van der Waals surface area contributed by atoms with Gasteiger partial charge in [0, 0.05) is 12.8 Å². The molecule has 0 fully saturated rings. The SMILES string of the molecule is CCCCCC=CCC=CCC=CCC=CCCCCCC(=O)OC(CO)COC(=O)CCCCCCCCCCCCC. The summed E-state index contributed by atoms with van der Waals surface area (Å²) >= 11 is 0. The Morgan fingerprint density at radius 1 is 0.523 bits per heavy atom. The van der Waals surface area contributed by atoms with Crippen molar-refractivity contribution in [1.29, 1.82) is 0 Å². The molecule has 1 N–H and O–H groups in total. The number of ether oxygens (including phenoxy) is 2. The number of carbonyl (C=O) groups excluding carboxylic acids is 2. The van der Waals surface area contributed by atoms with E-state index in [9.17, 15) is 14.7 Å². The van der Waals surface area contributed by atoms with Crippen LogP contribution in [0.25, 0.3) is 0 Å². The second-order valence-corrected chi connectivity index (χ2v) is 12.0. The molecule has 0 aliphatic carbocycles. The molecule has 1 unspecified atom stereocenters. The fourth-order valence-electron chi connectivity index (χ4n) is 4.83. The number of unbranched alkanes of at least 4 members (excludes halogenated alkanes) is 16. The van der Waals surface area contributed by atoms with Crippen LogP contribution in [0, 0.1) is 0 Å². The standard InChI is InChI=1S/C39H68O5/c1-3-5-7-9-11-13-15-16-17-18-19-20-21-22-24-26-28-30-32-34-39(42)44-37(35-40)36-43-38(41)33-31-29-27-25-23-14-12-10-8-6-4-2/h11,13,16-17,19-20,22,24,37,40H,3-10,12,14-15,18,21,23,25-36H2,1-2H3. The first-order valence-corrected chi connectivity index (χ1v) is 18.2. The minimum absolute atomic E-state index is 0.0782. The van der Waals surface area contributed by atoms with E-state index in [1.807, 2.05) is 0 Å². The van der Waals surface area contributed by atoms with Crippen LogP contribution >= 0.6 is 0 Å². The van der Waals surface area contributed by atoms with Crippen LogP contribution in [0.4, 0.5) is 0 Å². The fourth-order valence-corrected chi connectivity index (χ4v) is 4.83. The molecule has 0 aromatic rings. The van der Waals surface area contributed by atoms with E-state index in [-0.39, 0.29) is 25.2 Å². The molecule has 0 aliphatic rings. The third-order valence-electron chi connectivity index (χ3n) is 7.63. The Kier molecular flexibility index (Phi) is 33.6. The van der Waals surface area contributed by atoms with Gasteiger partial charge >= 0.3 is 11.9 Å². The second kappa shape index (κ2) is 35.3. The summed E-state index contributed by atoms with van der Waals surface area (Å²) in [5, 5.41) is 9.51. The predicted molar refractivity (Wildman–Crippen MR) is 187 cm³/mol. The van der Waals surface area contributed by atoms with Crippen molar-refractivity contribution in [3.8, 4) is 0 Å². The molecule has 0 saturated heterocycles. The Morgan fingerprint density at radius 2 is 0.909 bits per heavy atom. The van der Waals surface area contributed by atoms with Crippen LogP contribution in [-0.4, -0.2) is 36.4 Å². The molecule has 0 rings (SSSR count). The van der Waals surface area contributed by atoms with Crippen molar-refractivity contribution in [2.75, 3.05) is 13.2 Å². The van der Waals surface area contributed by atoms with Crippen molar-refractivity contribution in [3.63, 3.8) is 0 Å². The van der Waals surface area contributed by atoms with Crippen LogP contribution in [0.2, 0.25) is 0 Å². The van der Waals surface area contributed by atoms with Gasteiger partial charge in [-0.05, 0) is 57.8 Å². The number of aliphatic hydroxyl groups excluding tert-OH is 1. The molecule has 254 valence electrons. The molecule has 0 aromatic carbocycles. The summed E-state index contributed by atoms with van der Waals surface area (Å²) in [4.78, 5) is 24.1. The van der Waals surface area contributed by atoms with E-state index >= 15 is 0 Å². The van der Waals surface area contributed by atoms with E-state index in [4.69, 9.17) is 9.47 Å². The third kappa shape index (κ3) is 32.8. The lowest BCUT2D eigenvalue weighted by atomic mass is 10.1. The summed E-state index contributed by atoms with van der Waals surface area (Å²) in [5.41, 5.74) is 0. The van der Waals surface area contributed by atoms with Crippen LogP contribution < -0.4 is 0 Å². The molecule has 0 saturated carbocycles. The normalized spacial score (nSPS) is 12.7. The first-order valence-electron chi connectivity index (χ1n) is 18.2. The van der Waals surface area contributed by atoms with Gasteiger partial charge in [-0.15, -0.1) is 0 Å². The van der Waals surface area contributed by atoms with Crippen molar-refractivity contribution in [1.82, 2.24) is 0 Å². The molecular formula is C39H68O5. The van der Waals surface area contributed by atoms with Gasteiger partial charge in [0.25, 0.3) is 0 Å². The molecule has 0 amide bonds. The maximum Gasteiger partial charge on any atom is 0.306 e. The predicted octanol–water partition coefficient (Wildman–Crippen LogP) is 11.1. The van der Waals surface area contributed by atoms with Crippen LogP contribution in [0.1, 0.15) is 168 Å². The third-order valence-corrected chi connectivity index (χ3v) is 7.63. The summed E-state index contributed by atoms with van der Waals surface area (Å²) in [6, 6.07) is 0. The Balaban J connectivity index is 3.66. The van der Waals surface area contributed by atoms with E-state index in [2.05, 4.69) is 62.5 Å². The number of hydrogen-bond acceptors (Lipinski definition) is 5. The topological polar surface area (TPSA) is 72.8 Å². The van der Waals surface area contributed by atoms with Gasteiger partial charge < -0.3 is 14.6 Å². The Labute approximate surface area is 271 Å². The van der Waals surface area contributed by atoms with Gasteiger partial charge in [0.2, 0.25) is 0 Å². The molecule has 0 bridgehead atoms. The van der Waals surface area contributed by atoms with Crippen molar-refractivity contribution in [3.05, 3.63) is 48.6 Å². The molecule has 5 nitrogen and oxygen atoms in total. The average molecular weight is 617 g/mol. The summed E-state index contributed by atoms with van der Waals surface area (Å²) < 4.78 is 10.5. The average Bonchev–Trinajstić information content (AvgIpc) is 3.02. The van der Waals surface area contributed by atoms with Gasteiger partial charge in [0.05, 0.1) is 6.61 Å². The maximum atomic E-state index is 12.1. The highest BCUT2D eigenvalue weighted by Crippen LogP contribution is 2.12. The molecule has 0 radical (unpaired) electrons. The van der Waals surface area contributed by atoms with Crippen molar-refractivity contribution in [2.24, 2.45) is 0 Å². The number of esters is 2. The largest absolute Gasteiger partial charge is 0.462 e. The van der Waals surface area contributed by atoms with Crippen molar-refractivity contribution < 1.29 is 24.2 Å². The van der Waals surface area contributed by atoms with Gasteiger partial charge in [0.1, 0.15) is 6.61 Å². The Bertz CT molecular complexity index is 752. The van der Waals surface area contributed by atoms with Gasteiger partial charge in [-0.3, -0.25) is 9.59 Å². The highest BCUT2D eigenvalue weighted by atomic mass is 16.6. The van der Waals surface area contributed by atoms with E-state index in [1.54, 1.807) is 0 Å². The minimum Gasteiger partial charge on any atom is -0.462 e. The van der Waals surface area contributed by atoms with Crippen LogP contribution in [0.3, 0.4) is 0 Å². The Hall–Kier alpha value is -2.14.